The largest absolute Gasteiger partial charge is 0.509 e. The third-order valence-electron chi connectivity index (χ3n) is 4.96. The minimum Gasteiger partial charge on any atom is -0.509 e. The zero-order valence-corrected chi connectivity index (χ0v) is 17.6. The number of aryl methyl sites for hydroxylation is 2. The van der Waals surface area contributed by atoms with E-state index in [-0.39, 0.29) is 24.4 Å². The van der Waals surface area contributed by atoms with Gasteiger partial charge in [-0.3, -0.25) is 15.0 Å². The summed E-state index contributed by atoms with van der Waals surface area (Å²) in [6.07, 6.45) is 8.08. The summed E-state index contributed by atoms with van der Waals surface area (Å²) in [5, 5.41) is 32.8. The second-order valence-corrected chi connectivity index (χ2v) is 7.30. The van der Waals surface area contributed by atoms with Crippen LogP contribution in [0.5, 0.6) is 0 Å². The Labute approximate surface area is 179 Å². The molecule has 0 saturated heterocycles. The van der Waals surface area contributed by atoms with Crippen LogP contribution in [0.4, 0.5) is 0 Å². The quantitative estimate of drug-likeness (QED) is 0.541. The van der Waals surface area contributed by atoms with Gasteiger partial charge in [0.2, 0.25) is 0 Å². The molecule has 1 unspecified atom stereocenters. The van der Waals surface area contributed by atoms with E-state index in [1.54, 1.807) is 13.0 Å². The van der Waals surface area contributed by atoms with Gasteiger partial charge in [-0.1, -0.05) is 23.4 Å². The maximum atomic E-state index is 12.5. The molecule has 3 N–H and O–H groups in total. The summed E-state index contributed by atoms with van der Waals surface area (Å²) in [5.74, 6) is -0.524. The van der Waals surface area contributed by atoms with Gasteiger partial charge in [0.15, 0.2) is 5.71 Å². The molecule has 31 heavy (non-hydrogen) atoms. The second-order valence-electron chi connectivity index (χ2n) is 7.30. The van der Waals surface area contributed by atoms with Gasteiger partial charge < -0.3 is 14.7 Å². The van der Waals surface area contributed by atoms with Crippen LogP contribution < -0.4 is 5.43 Å². The number of carboxylic acids is 1. The van der Waals surface area contributed by atoms with E-state index in [9.17, 15) is 14.7 Å². The van der Waals surface area contributed by atoms with E-state index in [2.05, 4.69) is 20.8 Å². The number of aliphatic hydroxyl groups is 1. The van der Waals surface area contributed by atoms with Gasteiger partial charge in [0.25, 0.3) is 5.91 Å². The molecule has 1 aliphatic heterocycles. The van der Waals surface area contributed by atoms with Crippen LogP contribution in [0.1, 0.15) is 43.2 Å². The first-order valence-electron chi connectivity index (χ1n) is 9.91. The summed E-state index contributed by atoms with van der Waals surface area (Å²) < 4.78 is 5.14. The molecule has 1 aliphatic carbocycles. The molecule has 0 saturated carbocycles. The zero-order valence-electron chi connectivity index (χ0n) is 17.6. The maximum Gasteiger partial charge on any atom is 0.303 e. The summed E-state index contributed by atoms with van der Waals surface area (Å²) >= 11 is 0. The van der Waals surface area contributed by atoms with E-state index in [0.29, 0.717) is 29.9 Å². The number of amides is 1. The fraction of sp³-hybridized carbons (Fsp3) is 0.381. The fourth-order valence-electron chi connectivity index (χ4n) is 3.24. The summed E-state index contributed by atoms with van der Waals surface area (Å²) in [6, 6.07) is -0.497. The van der Waals surface area contributed by atoms with Crippen LogP contribution in [-0.2, 0) is 9.59 Å². The van der Waals surface area contributed by atoms with Crippen molar-refractivity contribution in [3.05, 3.63) is 46.6 Å². The number of carbonyl (C=O) groups is 2. The van der Waals surface area contributed by atoms with Crippen LogP contribution in [0.15, 0.2) is 44.3 Å². The highest BCUT2D eigenvalue weighted by Gasteiger charge is 2.30. The molecule has 1 aromatic rings. The SMILES string of the molecule is CC1=NN(CCCC(=O)O)C(=O)/C1=N\NC1CC=CC(/C=C/c2c(C)noc2C)=C1O. The lowest BCUT2D eigenvalue weighted by molar-refractivity contribution is -0.137. The number of aliphatic carboxylic acids is 1. The molecule has 10 heteroatoms. The topological polar surface area (TPSA) is 141 Å². The van der Waals surface area contributed by atoms with Crippen molar-refractivity contribution >= 4 is 29.4 Å². The van der Waals surface area contributed by atoms with E-state index in [4.69, 9.17) is 9.63 Å². The smallest absolute Gasteiger partial charge is 0.303 e. The molecular formula is C21H25N5O5. The Morgan fingerprint density at radius 1 is 1.39 bits per heavy atom. The molecular weight excluding hydrogens is 402 g/mol. The van der Waals surface area contributed by atoms with Crippen molar-refractivity contribution in [2.45, 2.75) is 46.1 Å². The number of aromatic nitrogens is 1. The van der Waals surface area contributed by atoms with Gasteiger partial charge in [-0.2, -0.15) is 10.2 Å². The number of hydrogen-bond donors (Lipinski definition) is 3. The number of rotatable bonds is 8. The first-order valence-corrected chi connectivity index (χ1v) is 9.91. The van der Waals surface area contributed by atoms with E-state index in [0.717, 1.165) is 11.3 Å². The van der Waals surface area contributed by atoms with Crippen LogP contribution in [0.3, 0.4) is 0 Å². The van der Waals surface area contributed by atoms with Gasteiger partial charge in [-0.05, 0) is 39.7 Å². The number of carbonyl (C=O) groups excluding carboxylic acids is 1. The molecule has 0 fully saturated rings. The molecule has 1 aromatic heterocycles. The Kier molecular flexibility index (Phi) is 6.68. The van der Waals surface area contributed by atoms with Crippen LogP contribution in [0.25, 0.3) is 6.08 Å². The molecule has 2 aliphatic rings. The molecule has 0 radical (unpaired) electrons. The van der Waals surface area contributed by atoms with E-state index >= 15 is 0 Å². The number of hydrazone groups is 2. The van der Waals surface area contributed by atoms with Crippen LogP contribution in [-0.4, -0.2) is 56.3 Å². The van der Waals surface area contributed by atoms with Crippen molar-refractivity contribution in [3.63, 3.8) is 0 Å². The van der Waals surface area contributed by atoms with Crippen molar-refractivity contribution in [2.24, 2.45) is 10.2 Å². The fourth-order valence-corrected chi connectivity index (χ4v) is 3.24. The van der Waals surface area contributed by atoms with Crippen LogP contribution >= 0.6 is 0 Å². The van der Waals surface area contributed by atoms with Gasteiger partial charge in [0.05, 0.1) is 11.4 Å². The number of nitrogens with one attached hydrogen (secondary N) is 1. The zero-order chi connectivity index (χ0) is 22.5. The predicted molar refractivity (Wildman–Crippen MR) is 114 cm³/mol. The molecule has 0 spiro atoms. The lowest BCUT2D eigenvalue weighted by atomic mass is 9.99. The molecule has 164 valence electrons. The summed E-state index contributed by atoms with van der Waals surface area (Å²) in [5.41, 5.74) is 5.66. The first-order chi connectivity index (χ1) is 14.8. The Bertz CT molecular complexity index is 1010. The van der Waals surface area contributed by atoms with Gasteiger partial charge in [-0.15, -0.1) is 0 Å². The Morgan fingerprint density at radius 2 is 2.16 bits per heavy atom. The number of aliphatic hydroxyl groups excluding tert-OH is 1. The van der Waals surface area contributed by atoms with Crippen molar-refractivity contribution in [1.29, 1.82) is 0 Å². The Hall–Kier alpha value is -3.69. The highest BCUT2D eigenvalue weighted by atomic mass is 16.5. The van der Waals surface area contributed by atoms with Gasteiger partial charge in [0, 0.05) is 24.1 Å². The lowest BCUT2D eigenvalue weighted by Crippen LogP contribution is -2.34. The Morgan fingerprint density at radius 3 is 2.84 bits per heavy atom. The minimum absolute atomic E-state index is 0.0413. The maximum absolute atomic E-state index is 12.5. The monoisotopic (exact) mass is 427 g/mol. The highest BCUT2D eigenvalue weighted by molar-refractivity contribution is 6.68. The summed E-state index contributed by atoms with van der Waals surface area (Å²) in [4.78, 5) is 23.1. The second kappa shape index (κ2) is 9.41. The molecule has 0 bridgehead atoms. The predicted octanol–water partition coefficient (Wildman–Crippen LogP) is 2.47. The molecule has 2 heterocycles. The summed E-state index contributed by atoms with van der Waals surface area (Å²) in [7, 11) is 0. The third kappa shape index (κ3) is 5.08. The number of hydrogen-bond acceptors (Lipinski definition) is 8. The van der Waals surface area contributed by atoms with E-state index in [1.807, 2.05) is 32.1 Å². The van der Waals surface area contributed by atoms with Gasteiger partial charge >= 0.3 is 5.97 Å². The average molecular weight is 427 g/mol. The van der Waals surface area contributed by atoms with E-state index < -0.39 is 17.9 Å². The van der Waals surface area contributed by atoms with Crippen molar-refractivity contribution in [2.75, 3.05) is 6.54 Å². The van der Waals surface area contributed by atoms with Crippen molar-refractivity contribution < 1.29 is 24.3 Å². The lowest BCUT2D eigenvalue weighted by Gasteiger charge is -2.19. The van der Waals surface area contributed by atoms with Crippen molar-refractivity contribution in [1.82, 2.24) is 15.6 Å². The minimum atomic E-state index is -0.922. The molecule has 1 amide bonds. The van der Waals surface area contributed by atoms with Crippen LogP contribution in [0, 0.1) is 13.8 Å². The number of nitrogens with zero attached hydrogens (tertiary/aromatic N) is 4. The number of carboxylic acid groups (broad SMARTS) is 1. The Balaban J connectivity index is 1.68. The number of allylic oxidation sites excluding steroid dienone is 3. The molecule has 10 nitrogen and oxygen atoms in total. The summed E-state index contributed by atoms with van der Waals surface area (Å²) in [6.45, 7) is 5.52. The molecule has 1 atom stereocenters. The molecule has 0 aromatic carbocycles. The third-order valence-corrected chi connectivity index (χ3v) is 4.96. The first kappa shape index (κ1) is 22.0. The molecule has 3 rings (SSSR count). The van der Waals surface area contributed by atoms with Crippen LogP contribution in [0.2, 0.25) is 0 Å². The highest BCUT2D eigenvalue weighted by Crippen LogP contribution is 2.21. The van der Waals surface area contributed by atoms with Gasteiger partial charge in [0.1, 0.15) is 17.6 Å². The standard InChI is InChI=1S/C21H25N5O5/c1-12-16(14(3)31-25-12)10-9-15-6-4-7-17(20(15)29)22-23-19-13(2)24-26(21(19)30)11-5-8-18(27)28/h4,6,9-10,17,22,29H,5,7-8,11H2,1-3H3,(H,27,28)/b10-9+,23-19-. The van der Waals surface area contributed by atoms with E-state index in [1.165, 1.54) is 5.01 Å². The van der Waals surface area contributed by atoms with Crippen molar-refractivity contribution in [3.8, 4) is 0 Å². The average Bonchev–Trinajstić information content (AvgIpc) is 3.18. The van der Waals surface area contributed by atoms with Gasteiger partial charge in [-0.25, -0.2) is 5.01 Å². The normalized spacial score (nSPS) is 20.3.